The molecule has 0 spiro atoms. The molecule has 0 atom stereocenters. The van der Waals surface area contributed by atoms with Gasteiger partial charge in [-0.05, 0) is 42.0 Å². The van der Waals surface area contributed by atoms with Crippen molar-refractivity contribution in [3.8, 4) is 5.75 Å². The van der Waals surface area contributed by atoms with Gasteiger partial charge < -0.3 is 19.1 Å². The minimum Gasteiger partial charge on any atom is -0.497 e. The summed E-state index contributed by atoms with van der Waals surface area (Å²) < 4.78 is 21.5. The van der Waals surface area contributed by atoms with Gasteiger partial charge in [0.05, 0.1) is 24.1 Å². The third-order valence-corrected chi connectivity index (χ3v) is 7.32. The zero-order valence-electron chi connectivity index (χ0n) is 19.6. The maximum atomic E-state index is 14.1. The molecule has 180 valence electrons. The van der Waals surface area contributed by atoms with Crippen molar-refractivity contribution in [3.05, 3.63) is 84.4 Å². The van der Waals surface area contributed by atoms with Crippen LogP contribution in [0.2, 0.25) is 0 Å². The summed E-state index contributed by atoms with van der Waals surface area (Å²) in [5.41, 5.74) is 2.87. The van der Waals surface area contributed by atoms with Crippen molar-refractivity contribution < 1.29 is 13.9 Å². The monoisotopic (exact) mass is 490 g/mol. The molecule has 35 heavy (non-hydrogen) atoms. The highest BCUT2D eigenvalue weighted by Gasteiger charge is 2.23. The summed E-state index contributed by atoms with van der Waals surface area (Å²) in [5.74, 6) is 1.03. The van der Waals surface area contributed by atoms with Crippen LogP contribution in [-0.4, -0.2) is 59.4 Å². The Morgan fingerprint density at radius 2 is 1.80 bits per heavy atom. The molecule has 2 aromatic carbocycles. The number of nitrogens with zero attached hydrogens (tertiary/aromatic N) is 4. The van der Waals surface area contributed by atoms with Crippen molar-refractivity contribution in [1.29, 1.82) is 0 Å². The molecule has 1 aliphatic rings. The number of piperazine rings is 1. The van der Waals surface area contributed by atoms with Crippen molar-refractivity contribution >= 4 is 34.3 Å². The van der Waals surface area contributed by atoms with E-state index in [1.165, 1.54) is 23.4 Å². The summed E-state index contributed by atoms with van der Waals surface area (Å²) in [6.07, 6.45) is 3.86. The van der Waals surface area contributed by atoms with Gasteiger partial charge in [-0.15, -0.1) is 0 Å². The Hall–Kier alpha value is -3.52. The lowest BCUT2D eigenvalue weighted by Gasteiger charge is -2.36. The first-order valence-electron chi connectivity index (χ1n) is 11.6. The highest BCUT2D eigenvalue weighted by atomic mass is 32.2. The molecule has 5 rings (SSSR count). The molecule has 0 N–H and O–H groups in total. The number of carbonyl (C=O) groups excluding carboxylic acids is 1. The van der Waals surface area contributed by atoms with Gasteiger partial charge in [0.25, 0.3) is 0 Å². The molecule has 1 amide bonds. The van der Waals surface area contributed by atoms with Crippen LogP contribution in [-0.2, 0) is 11.3 Å². The number of ether oxygens (including phenoxy) is 1. The Bertz CT molecular complexity index is 1320. The van der Waals surface area contributed by atoms with Gasteiger partial charge in [-0.2, -0.15) is 0 Å². The van der Waals surface area contributed by atoms with Crippen LogP contribution < -0.4 is 9.64 Å². The number of halogens is 1. The Kier molecular flexibility index (Phi) is 6.90. The van der Waals surface area contributed by atoms with Crippen LogP contribution >= 0.6 is 11.8 Å². The van der Waals surface area contributed by atoms with Crippen molar-refractivity contribution in [2.75, 3.05) is 43.9 Å². The van der Waals surface area contributed by atoms with Crippen LogP contribution in [0.4, 0.5) is 10.1 Å². The lowest BCUT2D eigenvalue weighted by atomic mass is 10.2. The number of methoxy groups -OCH3 is 1. The van der Waals surface area contributed by atoms with E-state index in [-0.39, 0.29) is 11.7 Å². The van der Waals surface area contributed by atoms with Crippen LogP contribution in [0, 0.1) is 5.82 Å². The first-order valence-corrected chi connectivity index (χ1v) is 12.6. The molecule has 3 heterocycles. The third kappa shape index (κ3) is 5.12. The highest BCUT2D eigenvalue weighted by Crippen LogP contribution is 2.28. The second-order valence-corrected chi connectivity index (χ2v) is 9.41. The fraction of sp³-hybridized carbons (Fsp3) is 0.259. The summed E-state index contributed by atoms with van der Waals surface area (Å²) in [5, 5.41) is 1.90. The Morgan fingerprint density at radius 3 is 2.54 bits per heavy atom. The molecular formula is C27H27FN4O2S. The van der Waals surface area contributed by atoms with E-state index in [1.807, 2.05) is 34.1 Å². The molecule has 0 aliphatic carbocycles. The molecule has 6 nitrogen and oxygen atoms in total. The maximum absolute atomic E-state index is 14.1. The first kappa shape index (κ1) is 23.2. The Balaban J connectivity index is 1.20. The molecule has 4 aromatic rings. The Labute approximate surface area is 208 Å². The summed E-state index contributed by atoms with van der Waals surface area (Å²) in [7, 11) is 1.66. The van der Waals surface area contributed by atoms with E-state index in [9.17, 15) is 9.18 Å². The third-order valence-electron chi connectivity index (χ3n) is 6.33. The number of thioether (sulfide) groups is 1. The molecule has 1 saturated heterocycles. The highest BCUT2D eigenvalue weighted by molar-refractivity contribution is 8.00. The van der Waals surface area contributed by atoms with E-state index >= 15 is 0 Å². The number of anilines is 1. The number of hydrogen-bond donors (Lipinski definition) is 0. The molecular weight excluding hydrogens is 463 g/mol. The van der Waals surface area contributed by atoms with Crippen LogP contribution in [0.15, 0.2) is 78.1 Å². The first-order chi connectivity index (χ1) is 17.1. The summed E-state index contributed by atoms with van der Waals surface area (Å²) in [6, 6.07) is 18.9. The fourth-order valence-electron chi connectivity index (χ4n) is 4.40. The van der Waals surface area contributed by atoms with Gasteiger partial charge in [-0.3, -0.25) is 4.79 Å². The molecule has 0 saturated carbocycles. The van der Waals surface area contributed by atoms with Crippen LogP contribution in [0.1, 0.15) is 5.56 Å². The second-order valence-electron chi connectivity index (χ2n) is 8.45. The number of hydrogen-bond acceptors (Lipinski definition) is 5. The maximum Gasteiger partial charge on any atom is 0.233 e. The molecule has 8 heteroatoms. The van der Waals surface area contributed by atoms with Gasteiger partial charge >= 0.3 is 0 Å². The van der Waals surface area contributed by atoms with Crippen molar-refractivity contribution in [3.63, 3.8) is 0 Å². The van der Waals surface area contributed by atoms with Crippen LogP contribution in [0.5, 0.6) is 5.75 Å². The molecule has 2 aromatic heterocycles. The van der Waals surface area contributed by atoms with Gasteiger partial charge in [-0.1, -0.05) is 36.0 Å². The van der Waals surface area contributed by atoms with Gasteiger partial charge in [0.1, 0.15) is 16.6 Å². The number of pyridine rings is 1. The second kappa shape index (κ2) is 10.4. The van der Waals surface area contributed by atoms with Gasteiger partial charge in [-0.25, -0.2) is 9.37 Å². The van der Waals surface area contributed by atoms with E-state index in [4.69, 9.17) is 4.74 Å². The standard InChI is InChI=1S/C27H27FN4O2S/c1-34-21-8-6-20(7-9-21)18-32-13-11-22-24(32)10-12-29-27(22)35-19-26(33)31-16-14-30(15-17-31)25-5-3-2-4-23(25)28/h2-13H,14-19H2,1H3. The van der Waals surface area contributed by atoms with Crippen LogP contribution in [0.25, 0.3) is 10.9 Å². The predicted molar refractivity (Wildman–Crippen MR) is 138 cm³/mol. The minimum atomic E-state index is -0.221. The van der Waals surface area contributed by atoms with Gasteiger partial charge in [0.2, 0.25) is 5.91 Å². The number of carbonyl (C=O) groups is 1. The number of para-hydroxylation sites is 1. The van der Waals surface area contributed by atoms with Gasteiger partial charge in [0, 0.05) is 50.5 Å². The zero-order chi connectivity index (χ0) is 24.2. The predicted octanol–water partition coefficient (Wildman–Crippen LogP) is 4.67. The van der Waals surface area contributed by atoms with Crippen molar-refractivity contribution in [2.24, 2.45) is 0 Å². The summed E-state index contributed by atoms with van der Waals surface area (Å²) in [4.78, 5) is 21.3. The normalized spacial score (nSPS) is 13.9. The van der Waals surface area contributed by atoms with E-state index in [1.54, 1.807) is 25.4 Å². The fourth-order valence-corrected chi connectivity index (χ4v) is 5.31. The van der Waals surface area contributed by atoms with Crippen molar-refractivity contribution in [1.82, 2.24) is 14.5 Å². The number of amides is 1. The quantitative estimate of drug-likeness (QED) is 0.352. The summed E-state index contributed by atoms with van der Waals surface area (Å²) >= 11 is 1.47. The molecule has 1 aliphatic heterocycles. The lowest BCUT2D eigenvalue weighted by Crippen LogP contribution is -2.49. The van der Waals surface area contributed by atoms with Crippen molar-refractivity contribution in [2.45, 2.75) is 11.6 Å². The topological polar surface area (TPSA) is 50.6 Å². The lowest BCUT2D eigenvalue weighted by molar-refractivity contribution is -0.128. The van der Waals surface area contributed by atoms with Crippen LogP contribution in [0.3, 0.4) is 0 Å². The average molecular weight is 491 g/mol. The average Bonchev–Trinajstić information content (AvgIpc) is 3.31. The molecule has 0 bridgehead atoms. The Morgan fingerprint density at radius 1 is 1.03 bits per heavy atom. The minimum absolute atomic E-state index is 0.0830. The number of rotatable bonds is 7. The van der Waals surface area contributed by atoms with E-state index < -0.39 is 0 Å². The molecule has 0 radical (unpaired) electrons. The molecule has 0 unspecified atom stereocenters. The smallest absolute Gasteiger partial charge is 0.233 e. The molecule has 1 fully saturated rings. The number of benzene rings is 2. The largest absolute Gasteiger partial charge is 0.497 e. The van der Waals surface area contributed by atoms with E-state index in [0.29, 0.717) is 37.6 Å². The zero-order valence-corrected chi connectivity index (χ0v) is 20.4. The van der Waals surface area contributed by atoms with Gasteiger partial charge in [0.15, 0.2) is 0 Å². The number of fused-ring (bicyclic) bond motifs is 1. The van der Waals surface area contributed by atoms with E-state index in [0.717, 1.165) is 28.2 Å². The SMILES string of the molecule is COc1ccc(Cn2ccc3c(SCC(=O)N4CCN(c5ccccc5F)CC4)nccc32)cc1. The number of aromatic nitrogens is 2. The van der Waals surface area contributed by atoms with E-state index in [2.05, 4.69) is 33.9 Å². The summed E-state index contributed by atoms with van der Waals surface area (Å²) in [6.45, 7) is 3.17.